The lowest BCUT2D eigenvalue weighted by Crippen LogP contribution is -2.13. The van der Waals surface area contributed by atoms with Crippen LogP contribution in [0.1, 0.15) is 37.3 Å². The standard InChI is InChI=1S/C14H15N.C3H8/c15-11-14(12-7-3-1-4-8-12)13-9-5-2-6-10-13;1-3-2/h1-10,14H,11,15H2;3H2,1-2H3. The molecule has 18 heavy (non-hydrogen) atoms. The third-order valence-electron chi connectivity index (χ3n) is 2.64. The molecule has 96 valence electrons. The van der Waals surface area contributed by atoms with Crippen molar-refractivity contribution in [2.45, 2.75) is 26.2 Å². The van der Waals surface area contributed by atoms with Crippen LogP contribution in [-0.4, -0.2) is 6.54 Å². The minimum Gasteiger partial charge on any atom is -0.330 e. The van der Waals surface area contributed by atoms with Crippen molar-refractivity contribution in [3.63, 3.8) is 0 Å². The lowest BCUT2D eigenvalue weighted by molar-refractivity contribution is 0.819. The van der Waals surface area contributed by atoms with Gasteiger partial charge in [0.15, 0.2) is 0 Å². The average Bonchev–Trinajstić information content (AvgIpc) is 2.43. The van der Waals surface area contributed by atoms with E-state index >= 15 is 0 Å². The Balaban J connectivity index is 0.000000492. The van der Waals surface area contributed by atoms with Gasteiger partial charge in [-0.1, -0.05) is 80.9 Å². The molecule has 0 saturated carbocycles. The second-order valence-electron chi connectivity index (χ2n) is 4.32. The van der Waals surface area contributed by atoms with Gasteiger partial charge < -0.3 is 5.73 Å². The van der Waals surface area contributed by atoms with Crippen LogP contribution >= 0.6 is 0 Å². The molecule has 0 fully saturated rings. The van der Waals surface area contributed by atoms with E-state index < -0.39 is 0 Å². The molecule has 2 N–H and O–H groups in total. The third kappa shape index (κ3) is 4.34. The molecular formula is C17H23N. The van der Waals surface area contributed by atoms with E-state index in [1.165, 1.54) is 17.5 Å². The minimum atomic E-state index is 0.312. The molecule has 0 spiro atoms. The van der Waals surface area contributed by atoms with Crippen molar-refractivity contribution in [2.24, 2.45) is 5.73 Å². The Morgan fingerprint density at radius 1 is 0.778 bits per heavy atom. The van der Waals surface area contributed by atoms with Crippen LogP contribution in [0.5, 0.6) is 0 Å². The van der Waals surface area contributed by atoms with Gasteiger partial charge in [0.25, 0.3) is 0 Å². The fourth-order valence-corrected chi connectivity index (χ4v) is 1.84. The van der Waals surface area contributed by atoms with Crippen LogP contribution in [0.25, 0.3) is 0 Å². The van der Waals surface area contributed by atoms with E-state index in [1.54, 1.807) is 0 Å². The van der Waals surface area contributed by atoms with Gasteiger partial charge in [0.1, 0.15) is 0 Å². The minimum absolute atomic E-state index is 0.312. The zero-order valence-electron chi connectivity index (χ0n) is 11.3. The third-order valence-corrected chi connectivity index (χ3v) is 2.64. The molecule has 0 aliphatic rings. The van der Waals surface area contributed by atoms with E-state index in [4.69, 9.17) is 5.73 Å². The second-order valence-corrected chi connectivity index (χ2v) is 4.32. The fraction of sp³-hybridized carbons (Fsp3) is 0.294. The summed E-state index contributed by atoms with van der Waals surface area (Å²) in [5.74, 6) is 0.312. The molecule has 1 nitrogen and oxygen atoms in total. The molecule has 2 aromatic rings. The summed E-state index contributed by atoms with van der Waals surface area (Å²) in [5, 5.41) is 0. The van der Waals surface area contributed by atoms with Crippen LogP contribution in [0.3, 0.4) is 0 Å². The number of nitrogens with two attached hydrogens (primary N) is 1. The van der Waals surface area contributed by atoms with Gasteiger partial charge in [-0.3, -0.25) is 0 Å². The lowest BCUT2D eigenvalue weighted by atomic mass is 9.92. The largest absolute Gasteiger partial charge is 0.330 e. The van der Waals surface area contributed by atoms with Crippen molar-refractivity contribution in [3.8, 4) is 0 Å². The molecule has 2 rings (SSSR count). The smallest absolute Gasteiger partial charge is 0.0212 e. The predicted octanol–water partition coefficient (Wildman–Crippen LogP) is 4.19. The van der Waals surface area contributed by atoms with Gasteiger partial charge >= 0.3 is 0 Å². The van der Waals surface area contributed by atoms with Gasteiger partial charge in [-0.2, -0.15) is 0 Å². The predicted molar refractivity (Wildman–Crippen MR) is 79.7 cm³/mol. The molecule has 0 heterocycles. The molecule has 0 aromatic heterocycles. The average molecular weight is 241 g/mol. The molecule has 2 aromatic carbocycles. The first-order chi connectivity index (χ1) is 8.83. The molecule has 0 aliphatic heterocycles. The van der Waals surface area contributed by atoms with Crippen molar-refractivity contribution in [1.82, 2.24) is 0 Å². The Hall–Kier alpha value is -1.60. The highest BCUT2D eigenvalue weighted by Crippen LogP contribution is 2.22. The number of rotatable bonds is 3. The lowest BCUT2D eigenvalue weighted by Gasteiger charge is -2.15. The van der Waals surface area contributed by atoms with Gasteiger partial charge in [-0.25, -0.2) is 0 Å². The maximum absolute atomic E-state index is 5.84. The first-order valence-electron chi connectivity index (χ1n) is 6.63. The van der Waals surface area contributed by atoms with Crippen molar-refractivity contribution >= 4 is 0 Å². The summed E-state index contributed by atoms with van der Waals surface area (Å²) in [6.45, 7) is 4.90. The quantitative estimate of drug-likeness (QED) is 0.856. The van der Waals surface area contributed by atoms with E-state index in [0.717, 1.165) is 0 Å². The van der Waals surface area contributed by atoms with Crippen molar-refractivity contribution in [3.05, 3.63) is 71.8 Å². The van der Waals surface area contributed by atoms with Crippen LogP contribution in [0, 0.1) is 0 Å². The molecule has 0 bridgehead atoms. The molecule has 1 heteroatoms. The maximum Gasteiger partial charge on any atom is 0.0212 e. The van der Waals surface area contributed by atoms with E-state index in [1.807, 2.05) is 12.1 Å². The first kappa shape index (κ1) is 14.5. The van der Waals surface area contributed by atoms with Gasteiger partial charge in [0.2, 0.25) is 0 Å². The number of hydrogen-bond donors (Lipinski definition) is 1. The molecular weight excluding hydrogens is 218 g/mol. The summed E-state index contributed by atoms with van der Waals surface area (Å²) >= 11 is 0. The Morgan fingerprint density at radius 2 is 1.11 bits per heavy atom. The van der Waals surface area contributed by atoms with E-state index in [-0.39, 0.29) is 0 Å². The second kappa shape index (κ2) is 8.48. The van der Waals surface area contributed by atoms with Gasteiger partial charge in [0, 0.05) is 12.5 Å². The zero-order valence-corrected chi connectivity index (χ0v) is 11.3. The van der Waals surface area contributed by atoms with E-state index in [2.05, 4.69) is 62.4 Å². The highest BCUT2D eigenvalue weighted by Gasteiger charge is 2.10. The van der Waals surface area contributed by atoms with Crippen LogP contribution in [-0.2, 0) is 0 Å². The van der Waals surface area contributed by atoms with E-state index in [9.17, 15) is 0 Å². The normalized spacial score (nSPS) is 9.78. The summed E-state index contributed by atoms with van der Waals surface area (Å²) in [5.41, 5.74) is 8.40. The molecule has 0 unspecified atom stereocenters. The summed E-state index contributed by atoms with van der Waals surface area (Å²) in [7, 11) is 0. The van der Waals surface area contributed by atoms with Crippen LogP contribution in [0.4, 0.5) is 0 Å². The van der Waals surface area contributed by atoms with Gasteiger partial charge in [-0.05, 0) is 11.1 Å². The maximum atomic E-state index is 5.84. The summed E-state index contributed by atoms with van der Waals surface area (Å²) in [4.78, 5) is 0. The van der Waals surface area contributed by atoms with Crippen LogP contribution in [0.15, 0.2) is 60.7 Å². The van der Waals surface area contributed by atoms with Crippen molar-refractivity contribution < 1.29 is 0 Å². The Morgan fingerprint density at radius 3 is 1.39 bits per heavy atom. The Bertz CT molecular complexity index is 369. The van der Waals surface area contributed by atoms with Gasteiger partial charge in [0.05, 0.1) is 0 Å². The van der Waals surface area contributed by atoms with Crippen molar-refractivity contribution in [2.75, 3.05) is 6.54 Å². The Labute approximate surface area is 111 Å². The highest BCUT2D eigenvalue weighted by atomic mass is 14.5. The molecule has 0 atom stereocenters. The van der Waals surface area contributed by atoms with Crippen LogP contribution in [0.2, 0.25) is 0 Å². The van der Waals surface area contributed by atoms with Crippen LogP contribution < -0.4 is 5.73 Å². The molecule has 0 saturated heterocycles. The number of hydrogen-bond acceptors (Lipinski definition) is 1. The van der Waals surface area contributed by atoms with E-state index in [0.29, 0.717) is 12.5 Å². The molecule has 0 amide bonds. The summed E-state index contributed by atoms with van der Waals surface area (Å²) in [6, 6.07) is 20.8. The van der Waals surface area contributed by atoms with Crippen molar-refractivity contribution in [1.29, 1.82) is 0 Å². The topological polar surface area (TPSA) is 26.0 Å². The highest BCUT2D eigenvalue weighted by molar-refractivity contribution is 5.32. The summed E-state index contributed by atoms with van der Waals surface area (Å²) in [6.07, 6.45) is 1.25. The zero-order chi connectivity index (χ0) is 13.2. The Kier molecular flexibility index (Phi) is 6.82. The first-order valence-corrected chi connectivity index (χ1v) is 6.63. The summed E-state index contributed by atoms with van der Waals surface area (Å²) < 4.78 is 0. The monoisotopic (exact) mass is 241 g/mol. The molecule has 0 radical (unpaired) electrons. The SMILES string of the molecule is CCC.NCC(c1ccccc1)c1ccccc1. The molecule has 0 aliphatic carbocycles. The number of benzene rings is 2. The van der Waals surface area contributed by atoms with Gasteiger partial charge in [-0.15, -0.1) is 0 Å². The fourth-order valence-electron chi connectivity index (χ4n) is 1.84.